The predicted molar refractivity (Wildman–Crippen MR) is 116 cm³/mol. The van der Waals surface area contributed by atoms with Crippen LogP contribution in [-0.2, 0) is 24.6 Å². The summed E-state index contributed by atoms with van der Waals surface area (Å²) in [5.41, 5.74) is 0.726. The molecule has 1 unspecified atom stereocenters. The van der Waals surface area contributed by atoms with Gasteiger partial charge in [-0.15, -0.1) is 0 Å². The number of benzene rings is 2. The molecule has 1 atom stereocenters. The van der Waals surface area contributed by atoms with E-state index in [4.69, 9.17) is 16.3 Å². The molecule has 31 heavy (non-hydrogen) atoms. The Morgan fingerprint density at radius 3 is 2.19 bits per heavy atom. The van der Waals surface area contributed by atoms with Crippen LogP contribution in [0.25, 0.3) is 0 Å². The zero-order valence-electron chi connectivity index (χ0n) is 17.0. The van der Waals surface area contributed by atoms with Gasteiger partial charge in [0.15, 0.2) is 9.84 Å². The van der Waals surface area contributed by atoms with Crippen molar-refractivity contribution in [3.8, 4) is 0 Å². The molecule has 0 aromatic heterocycles. The number of morpholine rings is 1. The van der Waals surface area contributed by atoms with Gasteiger partial charge in [0, 0.05) is 19.3 Å². The number of ether oxygens (including phenoxy) is 1. The van der Waals surface area contributed by atoms with E-state index in [9.17, 15) is 21.6 Å². The first-order valence-corrected chi connectivity index (χ1v) is 13.2. The van der Waals surface area contributed by atoms with Gasteiger partial charge in [0.25, 0.3) is 5.91 Å². The fourth-order valence-corrected chi connectivity index (χ4v) is 5.40. The molecule has 168 valence electrons. The van der Waals surface area contributed by atoms with Crippen molar-refractivity contribution >= 4 is 37.4 Å². The Morgan fingerprint density at radius 1 is 1.03 bits per heavy atom. The van der Waals surface area contributed by atoms with Crippen molar-refractivity contribution in [2.24, 2.45) is 0 Å². The predicted octanol–water partition coefficient (Wildman–Crippen LogP) is 2.26. The smallest absolute Gasteiger partial charge is 0.253 e. The SMILES string of the molecule is CC(NC(=O)c1cc(S(=O)(=O)N2CCOCC2)ccc1Cl)c1ccc(S(C)(=O)=O)cc1. The van der Waals surface area contributed by atoms with Crippen LogP contribution >= 0.6 is 11.6 Å². The monoisotopic (exact) mass is 486 g/mol. The molecular weight excluding hydrogens is 464 g/mol. The molecule has 0 saturated carbocycles. The van der Waals surface area contributed by atoms with E-state index in [0.717, 1.165) is 6.26 Å². The average Bonchev–Trinajstić information content (AvgIpc) is 2.74. The summed E-state index contributed by atoms with van der Waals surface area (Å²) in [6.07, 6.45) is 1.12. The normalized spacial score (nSPS) is 16.6. The summed E-state index contributed by atoms with van der Waals surface area (Å²) in [6, 6.07) is 9.72. The second-order valence-corrected chi connectivity index (χ2v) is 11.6. The van der Waals surface area contributed by atoms with E-state index in [-0.39, 0.29) is 33.5 Å². The summed E-state index contributed by atoms with van der Waals surface area (Å²) in [5.74, 6) is -0.538. The Kier molecular flexibility index (Phi) is 7.07. The van der Waals surface area contributed by atoms with Crippen molar-refractivity contribution in [1.29, 1.82) is 0 Å². The molecule has 8 nitrogen and oxygen atoms in total. The van der Waals surface area contributed by atoms with Gasteiger partial charge >= 0.3 is 0 Å². The summed E-state index contributed by atoms with van der Waals surface area (Å²) >= 11 is 6.17. The van der Waals surface area contributed by atoms with Gasteiger partial charge in [-0.3, -0.25) is 4.79 Å². The zero-order chi connectivity index (χ0) is 22.8. The molecule has 2 aromatic carbocycles. The van der Waals surface area contributed by atoms with Gasteiger partial charge in [-0.1, -0.05) is 23.7 Å². The lowest BCUT2D eigenvalue weighted by Crippen LogP contribution is -2.40. The first-order chi connectivity index (χ1) is 14.5. The van der Waals surface area contributed by atoms with Crippen molar-refractivity contribution in [3.05, 3.63) is 58.6 Å². The van der Waals surface area contributed by atoms with Gasteiger partial charge < -0.3 is 10.1 Å². The van der Waals surface area contributed by atoms with E-state index >= 15 is 0 Å². The minimum atomic E-state index is -3.78. The third-order valence-electron chi connectivity index (χ3n) is 4.95. The molecule has 1 N–H and O–H groups in total. The largest absolute Gasteiger partial charge is 0.379 e. The number of hydrogen-bond acceptors (Lipinski definition) is 6. The first kappa shape index (κ1) is 23.7. The molecule has 1 amide bonds. The number of halogens is 1. The van der Waals surface area contributed by atoms with Crippen LogP contribution in [0, 0.1) is 0 Å². The Morgan fingerprint density at radius 2 is 1.61 bits per heavy atom. The van der Waals surface area contributed by atoms with E-state index in [2.05, 4.69) is 5.32 Å². The summed E-state index contributed by atoms with van der Waals surface area (Å²) in [6.45, 7) is 2.85. The lowest BCUT2D eigenvalue weighted by atomic mass is 10.1. The summed E-state index contributed by atoms with van der Waals surface area (Å²) in [4.78, 5) is 13.0. The van der Waals surface area contributed by atoms with Crippen LogP contribution in [0.1, 0.15) is 28.9 Å². The fraction of sp³-hybridized carbons (Fsp3) is 0.350. The van der Waals surface area contributed by atoms with Crippen LogP contribution in [0.4, 0.5) is 0 Å². The number of sulfonamides is 1. The minimum Gasteiger partial charge on any atom is -0.379 e. The number of nitrogens with one attached hydrogen (secondary N) is 1. The number of rotatable bonds is 6. The van der Waals surface area contributed by atoms with Crippen LogP contribution in [0.2, 0.25) is 5.02 Å². The third-order valence-corrected chi connectivity index (χ3v) is 8.30. The van der Waals surface area contributed by atoms with Crippen molar-refractivity contribution in [2.45, 2.75) is 22.8 Å². The van der Waals surface area contributed by atoms with Crippen LogP contribution in [0.3, 0.4) is 0 Å². The molecule has 11 heteroatoms. The lowest BCUT2D eigenvalue weighted by molar-refractivity contribution is 0.0730. The second kappa shape index (κ2) is 9.25. The fourth-order valence-electron chi connectivity index (χ4n) is 3.14. The quantitative estimate of drug-likeness (QED) is 0.670. The maximum Gasteiger partial charge on any atom is 0.253 e. The maximum atomic E-state index is 12.9. The standard InChI is InChI=1S/C20H23ClN2O6S2/c1-14(15-3-5-16(6-4-15)30(2,25)26)22-20(24)18-13-17(7-8-19(18)21)31(27,28)23-9-11-29-12-10-23/h3-8,13-14H,9-12H2,1-2H3,(H,22,24). The number of carbonyl (C=O) groups is 1. The Labute approximate surface area is 187 Å². The Hall–Kier alpha value is -1.98. The number of sulfone groups is 1. The molecule has 0 spiro atoms. The molecule has 0 aliphatic carbocycles. The minimum absolute atomic E-state index is 0.0193. The lowest BCUT2D eigenvalue weighted by Gasteiger charge is -2.26. The number of hydrogen-bond donors (Lipinski definition) is 1. The van der Waals surface area contributed by atoms with Gasteiger partial charge in [-0.05, 0) is 42.8 Å². The molecule has 1 aliphatic rings. The van der Waals surface area contributed by atoms with Crippen LogP contribution in [-0.4, -0.2) is 59.6 Å². The van der Waals surface area contributed by atoms with Crippen LogP contribution in [0.5, 0.6) is 0 Å². The molecule has 1 saturated heterocycles. The van der Waals surface area contributed by atoms with Gasteiger partial charge in [0.05, 0.1) is 39.6 Å². The van der Waals surface area contributed by atoms with Gasteiger partial charge in [-0.2, -0.15) is 4.31 Å². The van der Waals surface area contributed by atoms with Crippen molar-refractivity contribution in [1.82, 2.24) is 9.62 Å². The van der Waals surface area contributed by atoms with E-state index < -0.39 is 31.8 Å². The number of amides is 1. The molecule has 1 aliphatic heterocycles. The highest BCUT2D eigenvalue weighted by Crippen LogP contribution is 2.25. The zero-order valence-corrected chi connectivity index (χ0v) is 19.4. The summed E-state index contributed by atoms with van der Waals surface area (Å²) < 4.78 is 55.5. The van der Waals surface area contributed by atoms with E-state index in [0.29, 0.717) is 18.8 Å². The van der Waals surface area contributed by atoms with Crippen LogP contribution < -0.4 is 5.32 Å². The van der Waals surface area contributed by atoms with E-state index in [1.807, 2.05) is 0 Å². The van der Waals surface area contributed by atoms with Crippen molar-refractivity contribution in [2.75, 3.05) is 32.6 Å². The Balaban J connectivity index is 1.80. The van der Waals surface area contributed by atoms with Gasteiger partial charge in [-0.25, -0.2) is 16.8 Å². The maximum absolute atomic E-state index is 12.9. The molecule has 1 fully saturated rings. The summed E-state index contributed by atoms with van der Waals surface area (Å²) in [5, 5.41) is 2.89. The summed E-state index contributed by atoms with van der Waals surface area (Å²) in [7, 11) is -7.10. The molecule has 1 heterocycles. The van der Waals surface area contributed by atoms with E-state index in [1.54, 1.807) is 19.1 Å². The molecule has 3 rings (SSSR count). The molecular formula is C20H23ClN2O6S2. The van der Waals surface area contributed by atoms with Crippen LogP contribution in [0.15, 0.2) is 52.3 Å². The highest BCUT2D eigenvalue weighted by Gasteiger charge is 2.28. The van der Waals surface area contributed by atoms with Crippen molar-refractivity contribution in [3.63, 3.8) is 0 Å². The highest BCUT2D eigenvalue weighted by atomic mass is 35.5. The molecule has 0 radical (unpaired) electrons. The van der Waals surface area contributed by atoms with E-state index in [1.165, 1.54) is 34.6 Å². The number of carbonyl (C=O) groups excluding carboxylic acids is 1. The van der Waals surface area contributed by atoms with Gasteiger partial charge in [0.1, 0.15) is 0 Å². The molecule has 0 bridgehead atoms. The van der Waals surface area contributed by atoms with Gasteiger partial charge in [0.2, 0.25) is 10.0 Å². The number of nitrogens with zero attached hydrogens (tertiary/aromatic N) is 1. The second-order valence-electron chi connectivity index (χ2n) is 7.19. The average molecular weight is 487 g/mol. The highest BCUT2D eigenvalue weighted by molar-refractivity contribution is 7.90. The third kappa shape index (κ3) is 5.45. The Bertz CT molecular complexity index is 1170. The topological polar surface area (TPSA) is 110 Å². The first-order valence-electron chi connectivity index (χ1n) is 9.48. The molecule has 2 aromatic rings. The van der Waals surface area contributed by atoms with Crippen molar-refractivity contribution < 1.29 is 26.4 Å².